The van der Waals surface area contributed by atoms with E-state index in [1.54, 1.807) is 18.2 Å². The third kappa shape index (κ3) is 4.00. The highest BCUT2D eigenvalue weighted by Crippen LogP contribution is 2.31. The Bertz CT molecular complexity index is 1440. The van der Waals surface area contributed by atoms with Gasteiger partial charge in [-0.25, -0.2) is 4.98 Å². The fourth-order valence-corrected chi connectivity index (χ4v) is 4.38. The second-order valence-electron chi connectivity index (χ2n) is 8.16. The van der Waals surface area contributed by atoms with Crippen LogP contribution in [0.25, 0.3) is 10.9 Å². The van der Waals surface area contributed by atoms with Crippen LogP contribution in [0.2, 0.25) is 5.02 Å². The maximum absolute atomic E-state index is 13.1. The van der Waals surface area contributed by atoms with Crippen molar-refractivity contribution in [3.05, 3.63) is 87.2 Å². The number of ether oxygens (including phenoxy) is 2. The number of para-hydroxylation sites is 2. The molecule has 0 bridgehead atoms. The average Bonchev–Trinajstić information content (AvgIpc) is 3.09. The second kappa shape index (κ2) is 8.41. The number of aromatic nitrogens is 3. The van der Waals surface area contributed by atoms with Crippen molar-refractivity contribution in [2.24, 2.45) is 0 Å². The minimum absolute atomic E-state index is 0.102. The van der Waals surface area contributed by atoms with Gasteiger partial charge in [-0.05, 0) is 50.2 Å². The van der Waals surface area contributed by atoms with Gasteiger partial charge in [0.2, 0.25) is 0 Å². The lowest BCUT2D eigenvalue weighted by Gasteiger charge is -2.27. The lowest BCUT2D eigenvalue weighted by molar-refractivity contribution is 0.0777. The Kier molecular flexibility index (Phi) is 5.42. The molecule has 0 fully saturated rings. The van der Waals surface area contributed by atoms with E-state index in [1.165, 1.54) is 10.9 Å². The lowest BCUT2D eigenvalue weighted by Crippen LogP contribution is -2.33. The molecule has 3 heterocycles. The number of fused-ring (bicyclic) bond motifs is 2. The van der Waals surface area contributed by atoms with Crippen LogP contribution in [0, 0.1) is 13.8 Å². The van der Waals surface area contributed by atoms with Crippen molar-refractivity contribution in [1.82, 2.24) is 14.1 Å². The fourth-order valence-electron chi connectivity index (χ4n) is 4.20. The maximum atomic E-state index is 13.1. The van der Waals surface area contributed by atoms with Crippen LogP contribution in [0.3, 0.4) is 0 Å². The number of rotatable bonds is 5. The van der Waals surface area contributed by atoms with Gasteiger partial charge < -0.3 is 14.0 Å². The largest absolute Gasteiger partial charge is 0.486 e. The molecular formula is C25H22ClN3O4. The first-order valence-electron chi connectivity index (χ1n) is 10.6. The summed E-state index contributed by atoms with van der Waals surface area (Å²) in [6, 6.07) is 14.4. The van der Waals surface area contributed by atoms with Crippen LogP contribution in [0.1, 0.15) is 21.7 Å². The molecular weight excluding hydrogens is 442 g/mol. The van der Waals surface area contributed by atoms with E-state index in [4.69, 9.17) is 21.1 Å². The Hall–Kier alpha value is -3.58. The predicted octanol–water partition coefficient (Wildman–Crippen LogP) is 4.19. The predicted molar refractivity (Wildman–Crippen MR) is 126 cm³/mol. The number of benzene rings is 2. The summed E-state index contributed by atoms with van der Waals surface area (Å²) in [7, 11) is 0. The van der Waals surface area contributed by atoms with Crippen molar-refractivity contribution in [2.45, 2.75) is 33.0 Å². The zero-order valence-corrected chi connectivity index (χ0v) is 19.0. The van der Waals surface area contributed by atoms with Crippen molar-refractivity contribution in [3.8, 4) is 11.5 Å². The summed E-state index contributed by atoms with van der Waals surface area (Å²) < 4.78 is 15.3. The molecule has 1 unspecified atom stereocenters. The first-order valence-corrected chi connectivity index (χ1v) is 11.0. The van der Waals surface area contributed by atoms with Gasteiger partial charge in [-0.1, -0.05) is 23.7 Å². The van der Waals surface area contributed by atoms with E-state index < -0.39 is 0 Å². The fraction of sp³-hybridized carbons (Fsp3) is 0.240. The van der Waals surface area contributed by atoms with Crippen molar-refractivity contribution in [2.75, 3.05) is 6.61 Å². The van der Waals surface area contributed by atoms with Gasteiger partial charge >= 0.3 is 0 Å². The molecule has 33 heavy (non-hydrogen) atoms. The molecule has 4 aromatic rings. The lowest BCUT2D eigenvalue weighted by atomic mass is 10.1. The summed E-state index contributed by atoms with van der Waals surface area (Å²) >= 11 is 6.03. The Morgan fingerprint density at radius 2 is 1.94 bits per heavy atom. The Morgan fingerprint density at radius 3 is 2.76 bits per heavy atom. The third-order valence-corrected chi connectivity index (χ3v) is 6.16. The average molecular weight is 464 g/mol. The first kappa shape index (κ1) is 21.3. The molecule has 0 amide bonds. The molecule has 1 atom stereocenters. The molecule has 0 aliphatic carbocycles. The van der Waals surface area contributed by atoms with E-state index in [2.05, 4.69) is 9.55 Å². The van der Waals surface area contributed by atoms with E-state index in [9.17, 15) is 9.59 Å². The van der Waals surface area contributed by atoms with Crippen LogP contribution in [-0.2, 0) is 13.1 Å². The van der Waals surface area contributed by atoms with E-state index in [-0.39, 0.29) is 24.0 Å². The van der Waals surface area contributed by atoms with E-state index in [0.29, 0.717) is 34.6 Å². The van der Waals surface area contributed by atoms with E-state index in [1.807, 2.05) is 44.2 Å². The Morgan fingerprint density at radius 1 is 1.15 bits per heavy atom. The van der Waals surface area contributed by atoms with Gasteiger partial charge in [-0.2, -0.15) is 0 Å². The minimum atomic E-state index is -0.295. The van der Waals surface area contributed by atoms with Crippen LogP contribution in [0.5, 0.6) is 11.5 Å². The summed E-state index contributed by atoms with van der Waals surface area (Å²) in [4.78, 5) is 30.3. The molecule has 7 nitrogen and oxygen atoms in total. The van der Waals surface area contributed by atoms with Crippen molar-refractivity contribution < 1.29 is 14.3 Å². The molecule has 0 spiro atoms. The normalized spacial score (nSPS) is 15.1. The number of hydrogen-bond donors (Lipinski definition) is 0. The zero-order chi connectivity index (χ0) is 23.1. The number of nitrogens with zero attached hydrogens (tertiary/aromatic N) is 3. The molecule has 2 aromatic carbocycles. The number of carbonyl (C=O) groups excluding carboxylic acids is 1. The number of hydrogen-bond acceptors (Lipinski definition) is 5. The highest BCUT2D eigenvalue weighted by atomic mass is 35.5. The van der Waals surface area contributed by atoms with Gasteiger partial charge in [0, 0.05) is 22.0 Å². The molecule has 1 aliphatic heterocycles. The number of aryl methyl sites for hydroxylation is 1. The first-order chi connectivity index (χ1) is 15.9. The zero-order valence-electron chi connectivity index (χ0n) is 18.2. The topological polar surface area (TPSA) is 75.4 Å². The van der Waals surface area contributed by atoms with Gasteiger partial charge in [-0.15, -0.1) is 0 Å². The molecule has 5 rings (SSSR count). The van der Waals surface area contributed by atoms with Crippen LogP contribution in [0.4, 0.5) is 0 Å². The summed E-state index contributed by atoms with van der Waals surface area (Å²) in [5.41, 5.74) is 2.58. The van der Waals surface area contributed by atoms with Crippen molar-refractivity contribution >= 4 is 28.3 Å². The Labute approximate surface area is 195 Å². The minimum Gasteiger partial charge on any atom is -0.486 e. The van der Waals surface area contributed by atoms with Crippen molar-refractivity contribution in [1.29, 1.82) is 0 Å². The molecule has 1 aliphatic rings. The summed E-state index contributed by atoms with van der Waals surface area (Å²) in [5.74, 6) is 1.29. The van der Waals surface area contributed by atoms with Gasteiger partial charge in [0.25, 0.3) is 5.56 Å². The van der Waals surface area contributed by atoms with Crippen LogP contribution >= 0.6 is 11.6 Å². The summed E-state index contributed by atoms with van der Waals surface area (Å²) in [6.45, 7) is 4.73. The second-order valence-corrected chi connectivity index (χ2v) is 8.59. The van der Waals surface area contributed by atoms with Gasteiger partial charge in [-0.3, -0.25) is 14.2 Å². The number of Topliss-reactive ketones (excluding diaryl/α,β-unsaturated/α-hetero) is 1. The quantitative estimate of drug-likeness (QED) is 0.415. The molecule has 0 saturated carbocycles. The highest BCUT2D eigenvalue weighted by molar-refractivity contribution is 6.31. The molecule has 8 heteroatoms. The number of carbonyl (C=O) groups is 1. The third-order valence-electron chi connectivity index (χ3n) is 5.93. The van der Waals surface area contributed by atoms with Gasteiger partial charge in [0.05, 0.1) is 30.3 Å². The molecule has 168 valence electrons. The number of halogens is 1. The summed E-state index contributed by atoms with van der Waals surface area (Å²) in [6.07, 6.45) is 1.23. The van der Waals surface area contributed by atoms with E-state index in [0.717, 1.165) is 22.9 Å². The molecule has 2 aromatic heterocycles. The van der Waals surface area contributed by atoms with Gasteiger partial charge in [0.1, 0.15) is 6.61 Å². The smallest absolute Gasteiger partial charge is 0.261 e. The molecule has 0 N–H and O–H groups in total. The SMILES string of the molecule is Cc1cc(C(=O)Cn2cnc3ccc(Cl)cc3c2=O)c(C)n1CC1COc2ccccc2O1. The van der Waals surface area contributed by atoms with E-state index >= 15 is 0 Å². The monoisotopic (exact) mass is 463 g/mol. The highest BCUT2D eigenvalue weighted by Gasteiger charge is 2.24. The van der Waals surface area contributed by atoms with Crippen molar-refractivity contribution in [3.63, 3.8) is 0 Å². The van der Waals surface area contributed by atoms with Crippen LogP contribution in [0.15, 0.2) is 59.7 Å². The molecule has 0 radical (unpaired) electrons. The maximum Gasteiger partial charge on any atom is 0.261 e. The summed E-state index contributed by atoms with van der Waals surface area (Å²) in [5, 5.41) is 0.837. The molecule has 0 saturated heterocycles. The van der Waals surface area contributed by atoms with Crippen LogP contribution < -0.4 is 15.0 Å². The Balaban J connectivity index is 1.37. The van der Waals surface area contributed by atoms with Crippen LogP contribution in [-0.4, -0.2) is 32.6 Å². The standard InChI is InChI=1S/C25H22ClN3O4/c1-15-9-19(16(2)29(15)11-18-13-32-23-5-3-4-6-24(23)33-18)22(30)12-28-14-27-21-8-7-17(26)10-20(21)25(28)31/h3-10,14,18H,11-13H2,1-2H3. The number of ketones is 1. The van der Waals surface area contributed by atoms with Gasteiger partial charge in [0.15, 0.2) is 23.4 Å².